The average molecular weight is 352 g/mol. The van der Waals surface area contributed by atoms with E-state index in [1.807, 2.05) is 30.0 Å². The number of amides is 2. The van der Waals surface area contributed by atoms with Crippen molar-refractivity contribution in [3.63, 3.8) is 0 Å². The van der Waals surface area contributed by atoms with E-state index in [4.69, 9.17) is 5.73 Å². The van der Waals surface area contributed by atoms with Crippen LogP contribution in [0.4, 0.5) is 5.69 Å². The van der Waals surface area contributed by atoms with Crippen LogP contribution in [0, 0.1) is 12.8 Å². The van der Waals surface area contributed by atoms with Crippen LogP contribution in [0.25, 0.3) is 0 Å². The van der Waals surface area contributed by atoms with Crippen LogP contribution in [-0.2, 0) is 4.79 Å². The maximum Gasteiger partial charge on any atom is 0.256 e. The van der Waals surface area contributed by atoms with Crippen molar-refractivity contribution in [1.29, 1.82) is 0 Å². The maximum atomic E-state index is 12.8. The Morgan fingerprint density at radius 1 is 1.21 bits per heavy atom. The lowest BCUT2D eigenvalue weighted by atomic mass is 10.0. The number of halogens is 1. The number of carbonyl (C=O) groups is 2. The van der Waals surface area contributed by atoms with Crippen molar-refractivity contribution in [3.05, 3.63) is 29.3 Å². The van der Waals surface area contributed by atoms with E-state index in [0.717, 1.165) is 50.8 Å². The van der Waals surface area contributed by atoms with Crippen LogP contribution in [0.2, 0.25) is 0 Å². The van der Waals surface area contributed by atoms with Crippen molar-refractivity contribution >= 4 is 29.9 Å². The van der Waals surface area contributed by atoms with Crippen molar-refractivity contribution in [1.82, 2.24) is 4.90 Å². The molecule has 1 saturated heterocycles. The zero-order valence-electron chi connectivity index (χ0n) is 14.1. The van der Waals surface area contributed by atoms with Gasteiger partial charge in [-0.2, -0.15) is 0 Å². The molecule has 24 heavy (non-hydrogen) atoms. The number of nitrogens with zero attached hydrogens (tertiary/aromatic N) is 1. The van der Waals surface area contributed by atoms with Gasteiger partial charge in [-0.1, -0.05) is 12.1 Å². The zero-order valence-corrected chi connectivity index (χ0v) is 14.9. The largest absolute Gasteiger partial charge is 0.339 e. The van der Waals surface area contributed by atoms with Crippen LogP contribution in [0.3, 0.4) is 0 Å². The van der Waals surface area contributed by atoms with E-state index < -0.39 is 0 Å². The third-order valence-corrected chi connectivity index (χ3v) is 4.98. The van der Waals surface area contributed by atoms with Crippen molar-refractivity contribution in [3.8, 4) is 0 Å². The first-order valence-corrected chi connectivity index (χ1v) is 8.51. The molecule has 0 aromatic heterocycles. The lowest BCUT2D eigenvalue weighted by Gasteiger charge is -2.20. The Morgan fingerprint density at radius 2 is 1.92 bits per heavy atom. The van der Waals surface area contributed by atoms with Gasteiger partial charge in [0.2, 0.25) is 5.91 Å². The van der Waals surface area contributed by atoms with Gasteiger partial charge in [-0.25, -0.2) is 0 Å². The molecule has 2 unspecified atom stereocenters. The second-order valence-corrected chi connectivity index (χ2v) is 6.76. The van der Waals surface area contributed by atoms with Crippen LogP contribution in [-0.4, -0.2) is 35.8 Å². The molecule has 1 saturated carbocycles. The summed E-state index contributed by atoms with van der Waals surface area (Å²) in [6, 6.07) is 5.74. The Kier molecular flexibility index (Phi) is 6.24. The molecule has 1 aromatic carbocycles. The smallest absolute Gasteiger partial charge is 0.256 e. The minimum Gasteiger partial charge on any atom is -0.339 e. The van der Waals surface area contributed by atoms with E-state index in [0.29, 0.717) is 11.3 Å². The molecule has 132 valence electrons. The van der Waals surface area contributed by atoms with Gasteiger partial charge in [0, 0.05) is 25.0 Å². The molecule has 0 radical (unpaired) electrons. The van der Waals surface area contributed by atoms with E-state index >= 15 is 0 Å². The molecular weight excluding hydrogens is 326 g/mol. The molecule has 1 aromatic rings. The lowest BCUT2D eigenvalue weighted by molar-refractivity contribution is -0.119. The number of nitrogens with two attached hydrogens (primary N) is 1. The number of carbonyl (C=O) groups excluding carboxylic acids is 2. The highest BCUT2D eigenvalue weighted by molar-refractivity contribution is 6.05. The fourth-order valence-corrected chi connectivity index (χ4v) is 3.62. The standard InChI is InChI=1S/C18H25N3O2.ClH/c1-12-5-4-6-15(16(12)18(23)21-9-2-3-10-21)20-17(22)13-7-8-14(19)11-13;/h4-6,13-14H,2-3,7-11,19H2,1H3,(H,20,22);1H. The molecule has 3 N–H and O–H groups in total. The van der Waals surface area contributed by atoms with E-state index in [2.05, 4.69) is 5.32 Å². The third-order valence-electron chi connectivity index (χ3n) is 4.98. The SMILES string of the molecule is Cc1cccc(NC(=O)C2CCC(N)C2)c1C(=O)N1CCCC1.Cl. The summed E-state index contributed by atoms with van der Waals surface area (Å²) in [5.74, 6) is -0.0294. The summed E-state index contributed by atoms with van der Waals surface area (Å²) >= 11 is 0. The Hall–Kier alpha value is -1.59. The molecule has 0 spiro atoms. The molecule has 2 fully saturated rings. The van der Waals surface area contributed by atoms with Crippen LogP contribution in [0.1, 0.15) is 48.0 Å². The summed E-state index contributed by atoms with van der Waals surface area (Å²) < 4.78 is 0. The van der Waals surface area contributed by atoms with Gasteiger partial charge >= 0.3 is 0 Å². The zero-order chi connectivity index (χ0) is 16.4. The highest BCUT2D eigenvalue weighted by Gasteiger charge is 2.29. The Labute approximate surface area is 149 Å². The fourth-order valence-electron chi connectivity index (χ4n) is 3.62. The van der Waals surface area contributed by atoms with Gasteiger partial charge in [0.05, 0.1) is 11.3 Å². The summed E-state index contributed by atoms with van der Waals surface area (Å²) in [7, 11) is 0. The normalized spacial score (nSPS) is 23.0. The lowest BCUT2D eigenvalue weighted by Crippen LogP contribution is -2.30. The summed E-state index contributed by atoms with van der Waals surface area (Å²) in [4.78, 5) is 27.2. The Morgan fingerprint density at radius 3 is 2.54 bits per heavy atom. The van der Waals surface area contributed by atoms with Crippen molar-refractivity contribution in [2.24, 2.45) is 11.7 Å². The van der Waals surface area contributed by atoms with Gasteiger partial charge < -0.3 is 16.0 Å². The topological polar surface area (TPSA) is 75.4 Å². The molecule has 1 heterocycles. The van der Waals surface area contributed by atoms with Gasteiger partial charge in [-0.15, -0.1) is 12.4 Å². The highest BCUT2D eigenvalue weighted by atomic mass is 35.5. The molecule has 1 aliphatic heterocycles. The molecule has 1 aliphatic carbocycles. The predicted octanol–water partition coefficient (Wildman–Crippen LogP) is 2.72. The third kappa shape index (κ3) is 3.90. The fraction of sp³-hybridized carbons (Fsp3) is 0.556. The number of aryl methyl sites for hydroxylation is 1. The van der Waals surface area contributed by atoms with E-state index in [1.54, 1.807) is 0 Å². The van der Waals surface area contributed by atoms with Gasteiger partial charge in [-0.3, -0.25) is 9.59 Å². The first kappa shape index (κ1) is 18.7. The molecule has 2 atom stereocenters. The molecule has 2 aliphatic rings. The number of nitrogens with one attached hydrogen (secondary N) is 1. The number of hydrogen-bond acceptors (Lipinski definition) is 3. The predicted molar refractivity (Wildman–Crippen MR) is 97.5 cm³/mol. The molecule has 6 heteroatoms. The first-order chi connectivity index (χ1) is 11.1. The van der Waals surface area contributed by atoms with Gasteiger partial charge in [0.25, 0.3) is 5.91 Å². The molecule has 0 bridgehead atoms. The molecular formula is C18H26ClN3O2. The van der Waals surface area contributed by atoms with E-state index in [1.165, 1.54) is 0 Å². The Balaban J connectivity index is 0.00000208. The average Bonchev–Trinajstić information content (AvgIpc) is 3.18. The maximum absolute atomic E-state index is 12.8. The highest BCUT2D eigenvalue weighted by Crippen LogP contribution is 2.28. The van der Waals surface area contributed by atoms with Gasteiger partial charge in [0.1, 0.15) is 0 Å². The van der Waals surface area contributed by atoms with Crippen molar-refractivity contribution in [2.45, 2.75) is 45.1 Å². The summed E-state index contributed by atoms with van der Waals surface area (Å²) in [6.07, 6.45) is 4.56. The van der Waals surface area contributed by atoms with E-state index in [-0.39, 0.29) is 36.2 Å². The van der Waals surface area contributed by atoms with Crippen molar-refractivity contribution < 1.29 is 9.59 Å². The summed E-state index contributed by atoms with van der Waals surface area (Å²) in [5, 5.41) is 2.98. The van der Waals surface area contributed by atoms with Crippen LogP contribution in [0.5, 0.6) is 0 Å². The Bertz CT molecular complexity index is 614. The van der Waals surface area contributed by atoms with Gasteiger partial charge in [0.15, 0.2) is 0 Å². The number of benzene rings is 1. The second-order valence-electron chi connectivity index (χ2n) is 6.76. The number of rotatable bonds is 3. The minimum absolute atomic E-state index is 0. The van der Waals surface area contributed by atoms with Crippen LogP contribution in [0.15, 0.2) is 18.2 Å². The van der Waals surface area contributed by atoms with E-state index in [9.17, 15) is 9.59 Å². The molecule has 2 amide bonds. The number of likely N-dealkylation sites (tertiary alicyclic amines) is 1. The summed E-state index contributed by atoms with van der Waals surface area (Å²) in [6.45, 7) is 3.53. The van der Waals surface area contributed by atoms with Gasteiger partial charge in [-0.05, 0) is 50.7 Å². The molecule has 3 rings (SSSR count). The monoisotopic (exact) mass is 351 g/mol. The minimum atomic E-state index is -0.0414. The second kappa shape index (κ2) is 7.99. The summed E-state index contributed by atoms with van der Waals surface area (Å²) in [5.41, 5.74) is 8.07. The first-order valence-electron chi connectivity index (χ1n) is 8.51. The van der Waals surface area contributed by atoms with Crippen LogP contribution < -0.4 is 11.1 Å². The van der Waals surface area contributed by atoms with Crippen LogP contribution >= 0.6 is 12.4 Å². The quantitative estimate of drug-likeness (QED) is 0.879. The molecule has 5 nitrogen and oxygen atoms in total. The number of anilines is 1. The van der Waals surface area contributed by atoms with Crippen molar-refractivity contribution in [2.75, 3.05) is 18.4 Å². The number of hydrogen-bond donors (Lipinski definition) is 2.